The zero-order chi connectivity index (χ0) is 33.5. The molecule has 2 heteroatoms. The van der Waals surface area contributed by atoms with E-state index < -0.39 is 0 Å². The lowest BCUT2D eigenvalue weighted by atomic mass is 9.44. The summed E-state index contributed by atoms with van der Waals surface area (Å²) >= 11 is 0. The highest BCUT2D eigenvalue weighted by molar-refractivity contribution is 5.69. The number of rotatable bonds is 19. The van der Waals surface area contributed by atoms with Crippen LogP contribution < -0.4 is 0 Å². The van der Waals surface area contributed by atoms with Gasteiger partial charge in [-0.3, -0.25) is 4.79 Å². The van der Waals surface area contributed by atoms with E-state index in [1.165, 1.54) is 102 Å². The molecule has 0 aromatic heterocycles. The first-order valence-electron chi connectivity index (χ1n) is 20.6. The molecule has 8 atom stereocenters. The molecule has 4 rings (SSSR count). The van der Waals surface area contributed by atoms with Gasteiger partial charge in [0, 0.05) is 6.42 Å². The highest BCUT2D eigenvalue weighted by atomic mass is 16.5. The summed E-state index contributed by atoms with van der Waals surface area (Å²) in [6.07, 6.45) is 44.6. The van der Waals surface area contributed by atoms with Crippen molar-refractivity contribution >= 4 is 5.97 Å². The number of allylic oxidation sites excluding steroid dienone is 7. The van der Waals surface area contributed by atoms with Crippen LogP contribution in [0.15, 0.2) is 48.3 Å². The van der Waals surface area contributed by atoms with Gasteiger partial charge in [-0.15, -0.1) is 0 Å². The van der Waals surface area contributed by atoms with Crippen LogP contribution in [0.4, 0.5) is 0 Å². The van der Waals surface area contributed by atoms with Crippen molar-refractivity contribution in [3.05, 3.63) is 48.3 Å². The van der Waals surface area contributed by atoms with Crippen LogP contribution in [0, 0.1) is 46.3 Å². The third-order valence-electron chi connectivity index (χ3n) is 14.0. The Morgan fingerprint density at radius 2 is 1.47 bits per heavy atom. The molecule has 0 N–H and O–H groups in total. The highest BCUT2D eigenvalue weighted by Gasteiger charge is 2.60. The van der Waals surface area contributed by atoms with Crippen LogP contribution in [0.1, 0.15) is 182 Å². The van der Waals surface area contributed by atoms with Crippen molar-refractivity contribution in [1.82, 2.24) is 0 Å². The van der Waals surface area contributed by atoms with Crippen LogP contribution >= 0.6 is 0 Å². The molecule has 0 heterocycles. The molecular formula is C45H74O2. The molecule has 4 fully saturated rings. The molecule has 0 bridgehead atoms. The fourth-order valence-electron chi connectivity index (χ4n) is 11.3. The van der Waals surface area contributed by atoms with Gasteiger partial charge in [0.15, 0.2) is 0 Å². The summed E-state index contributed by atoms with van der Waals surface area (Å²) in [4.78, 5) is 12.3. The van der Waals surface area contributed by atoms with Crippen molar-refractivity contribution in [1.29, 1.82) is 0 Å². The van der Waals surface area contributed by atoms with Crippen molar-refractivity contribution in [2.75, 3.05) is 0 Å². The van der Waals surface area contributed by atoms with E-state index in [2.05, 4.69) is 71.1 Å². The van der Waals surface area contributed by atoms with E-state index >= 15 is 0 Å². The van der Waals surface area contributed by atoms with E-state index in [9.17, 15) is 4.79 Å². The topological polar surface area (TPSA) is 26.3 Å². The number of hydrogen-bond acceptors (Lipinski definition) is 2. The average Bonchev–Trinajstić information content (AvgIpc) is 3.42. The molecule has 0 radical (unpaired) electrons. The zero-order valence-electron chi connectivity index (χ0n) is 31.6. The maximum atomic E-state index is 12.3. The van der Waals surface area contributed by atoms with Gasteiger partial charge < -0.3 is 4.74 Å². The molecule has 2 nitrogen and oxygen atoms in total. The molecule has 4 aliphatic rings. The molecule has 1 unspecified atom stereocenters. The minimum absolute atomic E-state index is 0.0597. The molecule has 0 aromatic rings. The van der Waals surface area contributed by atoms with Crippen LogP contribution in [-0.4, -0.2) is 5.97 Å². The zero-order valence-corrected chi connectivity index (χ0v) is 31.6. The fourth-order valence-corrected chi connectivity index (χ4v) is 11.3. The molecule has 4 saturated carbocycles. The third kappa shape index (κ3) is 10.7. The lowest BCUT2D eigenvalue weighted by molar-refractivity contribution is -0.138. The Bertz CT molecular complexity index is 1050. The van der Waals surface area contributed by atoms with E-state index in [1.54, 1.807) is 6.26 Å². The van der Waals surface area contributed by atoms with Crippen LogP contribution in [0.25, 0.3) is 0 Å². The maximum Gasteiger partial charge on any atom is 0.310 e. The predicted molar refractivity (Wildman–Crippen MR) is 202 cm³/mol. The number of fused-ring (bicyclic) bond motifs is 5. The van der Waals surface area contributed by atoms with E-state index in [0.29, 0.717) is 17.3 Å². The Morgan fingerprint density at radius 1 is 0.745 bits per heavy atom. The summed E-state index contributed by atoms with van der Waals surface area (Å²) in [5, 5.41) is 0. The van der Waals surface area contributed by atoms with Gasteiger partial charge >= 0.3 is 5.97 Å². The monoisotopic (exact) mass is 647 g/mol. The number of unbranched alkanes of at least 4 members (excludes halogenated alkanes) is 5. The normalized spacial score (nSPS) is 33.3. The van der Waals surface area contributed by atoms with Crippen molar-refractivity contribution in [3.63, 3.8) is 0 Å². The Hall–Kier alpha value is -1.57. The molecule has 266 valence electrons. The van der Waals surface area contributed by atoms with Crippen LogP contribution in [0.3, 0.4) is 0 Å². The first-order chi connectivity index (χ1) is 22.8. The summed E-state index contributed by atoms with van der Waals surface area (Å²) in [6, 6.07) is 0. The van der Waals surface area contributed by atoms with Gasteiger partial charge in [0.1, 0.15) is 0 Å². The Balaban J connectivity index is 1.05. The molecule has 0 aromatic carbocycles. The molecule has 4 aliphatic carbocycles. The summed E-state index contributed by atoms with van der Waals surface area (Å²) in [7, 11) is 0. The Labute approximate surface area is 291 Å². The first-order valence-corrected chi connectivity index (χ1v) is 20.6. The van der Waals surface area contributed by atoms with Gasteiger partial charge in [-0.1, -0.05) is 103 Å². The lowest BCUT2D eigenvalue weighted by Crippen LogP contribution is -2.53. The predicted octanol–water partition coefficient (Wildman–Crippen LogP) is 13.9. The summed E-state index contributed by atoms with van der Waals surface area (Å²) in [5.41, 5.74) is 2.44. The second kappa shape index (κ2) is 19.6. The second-order valence-corrected chi connectivity index (χ2v) is 17.1. The summed E-state index contributed by atoms with van der Waals surface area (Å²) < 4.78 is 5.54. The smallest absolute Gasteiger partial charge is 0.310 e. The number of esters is 1. The SMILES string of the molecule is CC/C=C\C/C=C\C/C=C\CCCCCCCC(=O)OC=C(C)CCC[C@@H](C)[C@H]1CC[C@H]2[C@@H]3CCC4CCCC[C@]4(C)[C@H]3CC[C@]12C. The molecular weight excluding hydrogens is 572 g/mol. The van der Waals surface area contributed by atoms with Gasteiger partial charge in [0.25, 0.3) is 0 Å². The van der Waals surface area contributed by atoms with Gasteiger partial charge in [-0.25, -0.2) is 0 Å². The van der Waals surface area contributed by atoms with Crippen LogP contribution in [-0.2, 0) is 9.53 Å². The standard InChI is InChI=1S/C45H74O2/c1-6-7-8-9-10-11-12-13-14-15-16-17-18-19-20-27-43(46)47-35-36(2)24-23-25-37(3)40-30-31-41-39-29-28-38-26-21-22-33-44(38,4)42(39)32-34-45(40,41)5/h7-8,10-11,13-14,35,37-42H,6,9,12,15-34H2,1-5H3/b8-7-,11-10-,14-13-,36-35?/t37-,38?,39+,40-,41+,42+,44+,45-/m1/s1. The van der Waals surface area contributed by atoms with Gasteiger partial charge in [-0.05, 0) is 162 Å². The molecule has 0 spiro atoms. The second-order valence-electron chi connectivity index (χ2n) is 17.1. The number of carbonyl (C=O) groups excluding carboxylic acids is 1. The van der Waals surface area contributed by atoms with Crippen molar-refractivity contribution < 1.29 is 9.53 Å². The van der Waals surface area contributed by atoms with Gasteiger partial charge in [0.05, 0.1) is 6.26 Å². The first kappa shape index (κ1) is 38.2. The van der Waals surface area contributed by atoms with E-state index in [0.717, 1.165) is 80.5 Å². The minimum atomic E-state index is -0.0597. The Morgan fingerprint density at radius 3 is 2.28 bits per heavy atom. The molecule has 0 amide bonds. The maximum absolute atomic E-state index is 12.3. The van der Waals surface area contributed by atoms with Crippen molar-refractivity contribution in [2.45, 2.75) is 182 Å². The van der Waals surface area contributed by atoms with Crippen LogP contribution in [0.2, 0.25) is 0 Å². The van der Waals surface area contributed by atoms with E-state index in [-0.39, 0.29) is 5.97 Å². The van der Waals surface area contributed by atoms with Gasteiger partial charge in [-0.2, -0.15) is 0 Å². The largest absolute Gasteiger partial charge is 0.435 e. The van der Waals surface area contributed by atoms with E-state index in [1.807, 2.05) is 0 Å². The fraction of sp³-hybridized carbons (Fsp3) is 0.800. The highest BCUT2D eigenvalue weighted by Crippen LogP contribution is 2.68. The average molecular weight is 647 g/mol. The summed E-state index contributed by atoms with van der Waals surface area (Å²) in [5.74, 6) is 5.66. The summed E-state index contributed by atoms with van der Waals surface area (Å²) in [6.45, 7) is 12.3. The van der Waals surface area contributed by atoms with E-state index in [4.69, 9.17) is 4.74 Å². The third-order valence-corrected chi connectivity index (χ3v) is 14.0. The molecule has 0 saturated heterocycles. The Kier molecular flexibility index (Phi) is 15.9. The quantitative estimate of drug-likeness (QED) is 0.0604. The van der Waals surface area contributed by atoms with Crippen molar-refractivity contribution in [3.8, 4) is 0 Å². The molecule has 47 heavy (non-hydrogen) atoms. The van der Waals surface area contributed by atoms with Crippen LogP contribution in [0.5, 0.6) is 0 Å². The molecule has 0 aliphatic heterocycles. The number of hydrogen-bond donors (Lipinski definition) is 0. The lowest BCUT2D eigenvalue weighted by Gasteiger charge is -2.61. The number of ether oxygens (including phenoxy) is 1. The van der Waals surface area contributed by atoms with Crippen molar-refractivity contribution in [2.24, 2.45) is 46.3 Å². The number of carbonyl (C=O) groups is 1. The van der Waals surface area contributed by atoms with Gasteiger partial charge in [0.2, 0.25) is 0 Å². The minimum Gasteiger partial charge on any atom is -0.435 e.